The molecule has 17 heavy (non-hydrogen) atoms. The molecule has 0 fully saturated rings. The van der Waals surface area contributed by atoms with Crippen molar-refractivity contribution in [2.24, 2.45) is 11.1 Å². The Morgan fingerprint density at radius 3 is 2.41 bits per heavy atom. The van der Waals surface area contributed by atoms with E-state index in [-0.39, 0.29) is 11.5 Å². The van der Waals surface area contributed by atoms with Crippen LogP contribution in [0.3, 0.4) is 0 Å². The van der Waals surface area contributed by atoms with Gasteiger partial charge in [0.2, 0.25) is 0 Å². The topological polar surface area (TPSA) is 42.1 Å². The summed E-state index contributed by atoms with van der Waals surface area (Å²) in [6, 6.07) is 0.557. The first-order valence-electron chi connectivity index (χ1n) is 6.12. The zero-order valence-corrected chi connectivity index (χ0v) is 12.6. The van der Waals surface area contributed by atoms with E-state index in [9.17, 15) is 0 Å². The highest BCUT2D eigenvalue weighted by atomic mass is 32.1. The van der Waals surface area contributed by atoms with Gasteiger partial charge in [0.25, 0.3) is 0 Å². The molecular weight excluding hydrogens is 230 g/mol. The van der Waals surface area contributed by atoms with Crippen molar-refractivity contribution in [3.63, 3.8) is 0 Å². The van der Waals surface area contributed by atoms with Crippen molar-refractivity contribution in [2.75, 3.05) is 7.05 Å². The first kappa shape index (κ1) is 14.6. The second-order valence-electron chi connectivity index (χ2n) is 5.92. The molecule has 1 heterocycles. The van der Waals surface area contributed by atoms with E-state index < -0.39 is 0 Å². The van der Waals surface area contributed by atoms with E-state index in [0.29, 0.717) is 6.04 Å². The molecule has 0 aliphatic carbocycles. The SMILES string of the molecule is CC(N)c1nc(CN(C)C(C)C(C)(C)C)cs1. The van der Waals surface area contributed by atoms with Crippen LogP contribution in [0.25, 0.3) is 0 Å². The molecule has 0 amide bonds. The summed E-state index contributed by atoms with van der Waals surface area (Å²) < 4.78 is 0. The van der Waals surface area contributed by atoms with Crippen molar-refractivity contribution in [1.82, 2.24) is 9.88 Å². The zero-order valence-electron chi connectivity index (χ0n) is 11.8. The standard InChI is InChI=1S/C13H25N3S/c1-9(14)12-15-11(8-17-12)7-16(6)10(2)13(3,4)5/h8-10H,7,14H2,1-6H3. The van der Waals surface area contributed by atoms with E-state index in [0.717, 1.165) is 17.2 Å². The maximum Gasteiger partial charge on any atom is 0.109 e. The Hall–Kier alpha value is -0.450. The van der Waals surface area contributed by atoms with Gasteiger partial charge in [0.05, 0.1) is 11.7 Å². The summed E-state index contributed by atoms with van der Waals surface area (Å²) >= 11 is 1.66. The summed E-state index contributed by atoms with van der Waals surface area (Å²) in [5.74, 6) is 0. The van der Waals surface area contributed by atoms with E-state index in [4.69, 9.17) is 5.73 Å². The fourth-order valence-electron chi connectivity index (χ4n) is 1.66. The van der Waals surface area contributed by atoms with E-state index in [2.05, 4.69) is 50.0 Å². The van der Waals surface area contributed by atoms with Crippen molar-refractivity contribution in [3.8, 4) is 0 Å². The smallest absolute Gasteiger partial charge is 0.109 e. The first-order chi connectivity index (χ1) is 7.71. The number of thiazole rings is 1. The third kappa shape index (κ3) is 4.05. The fraction of sp³-hybridized carbons (Fsp3) is 0.769. The highest BCUT2D eigenvalue weighted by Gasteiger charge is 2.24. The minimum Gasteiger partial charge on any atom is -0.322 e. The highest BCUT2D eigenvalue weighted by Crippen LogP contribution is 2.25. The van der Waals surface area contributed by atoms with Crippen LogP contribution in [0.1, 0.15) is 51.4 Å². The van der Waals surface area contributed by atoms with Crippen LogP contribution in [0.5, 0.6) is 0 Å². The van der Waals surface area contributed by atoms with Gasteiger partial charge in [-0.1, -0.05) is 20.8 Å². The van der Waals surface area contributed by atoms with Gasteiger partial charge in [-0.25, -0.2) is 4.98 Å². The van der Waals surface area contributed by atoms with Gasteiger partial charge in [-0.3, -0.25) is 4.90 Å². The Morgan fingerprint density at radius 1 is 1.41 bits per heavy atom. The normalized spacial score (nSPS) is 16.2. The predicted molar refractivity (Wildman–Crippen MR) is 75.1 cm³/mol. The molecule has 98 valence electrons. The Kier molecular flexibility index (Phi) is 4.69. The van der Waals surface area contributed by atoms with Crippen molar-refractivity contribution in [2.45, 2.75) is 53.2 Å². The summed E-state index contributed by atoms with van der Waals surface area (Å²) in [7, 11) is 2.15. The van der Waals surface area contributed by atoms with Gasteiger partial charge in [0, 0.05) is 18.0 Å². The molecule has 0 bridgehead atoms. The van der Waals surface area contributed by atoms with Crippen LogP contribution in [0.2, 0.25) is 0 Å². The van der Waals surface area contributed by atoms with Gasteiger partial charge in [0.15, 0.2) is 0 Å². The summed E-state index contributed by atoms with van der Waals surface area (Å²) in [5.41, 5.74) is 7.23. The van der Waals surface area contributed by atoms with Crippen LogP contribution in [0.15, 0.2) is 5.38 Å². The maximum atomic E-state index is 5.82. The minimum atomic E-state index is 0.0408. The second-order valence-corrected chi connectivity index (χ2v) is 6.81. The second kappa shape index (κ2) is 5.46. The lowest BCUT2D eigenvalue weighted by atomic mass is 9.87. The summed E-state index contributed by atoms with van der Waals surface area (Å²) in [6.07, 6.45) is 0. The number of hydrogen-bond donors (Lipinski definition) is 1. The van der Waals surface area contributed by atoms with Gasteiger partial charge in [-0.15, -0.1) is 11.3 Å². The van der Waals surface area contributed by atoms with Crippen molar-refractivity contribution >= 4 is 11.3 Å². The lowest BCUT2D eigenvalue weighted by Crippen LogP contribution is -2.38. The van der Waals surface area contributed by atoms with Crippen molar-refractivity contribution in [1.29, 1.82) is 0 Å². The number of nitrogens with zero attached hydrogens (tertiary/aromatic N) is 2. The molecule has 0 saturated heterocycles. The minimum absolute atomic E-state index is 0.0408. The summed E-state index contributed by atoms with van der Waals surface area (Å²) in [6.45, 7) is 11.9. The van der Waals surface area contributed by atoms with Crippen LogP contribution < -0.4 is 5.73 Å². The Morgan fingerprint density at radius 2 is 2.00 bits per heavy atom. The highest BCUT2D eigenvalue weighted by molar-refractivity contribution is 7.09. The fourth-order valence-corrected chi connectivity index (χ4v) is 2.43. The number of hydrogen-bond acceptors (Lipinski definition) is 4. The van der Waals surface area contributed by atoms with Crippen molar-refractivity contribution in [3.05, 3.63) is 16.1 Å². The summed E-state index contributed by atoms with van der Waals surface area (Å²) in [4.78, 5) is 6.91. The number of rotatable bonds is 4. The van der Waals surface area contributed by atoms with Gasteiger partial charge >= 0.3 is 0 Å². The molecule has 2 atom stereocenters. The molecule has 0 spiro atoms. The molecule has 0 saturated carbocycles. The van der Waals surface area contributed by atoms with E-state index in [1.807, 2.05) is 6.92 Å². The third-order valence-corrected chi connectivity index (χ3v) is 4.38. The molecule has 0 aliphatic heterocycles. The molecule has 0 radical (unpaired) electrons. The lowest BCUT2D eigenvalue weighted by molar-refractivity contribution is 0.133. The molecular formula is C13H25N3S. The van der Waals surface area contributed by atoms with Crippen LogP contribution in [-0.2, 0) is 6.54 Å². The molecule has 4 heteroatoms. The molecule has 0 aliphatic rings. The van der Waals surface area contributed by atoms with Crippen LogP contribution >= 0.6 is 11.3 Å². The van der Waals surface area contributed by atoms with Gasteiger partial charge in [0.1, 0.15) is 5.01 Å². The van der Waals surface area contributed by atoms with Crippen LogP contribution in [0, 0.1) is 5.41 Å². The van der Waals surface area contributed by atoms with E-state index in [1.165, 1.54) is 0 Å². The largest absolute Gasteiger partial charge is 0.322 e. The monoisotopic (exact) mass is 255 g/mol. The lowest BCUT2D eigenvalue weighted by Gasteiger charge is -2.35. The third-order valence-electron chi connectivity index (χ3n) is 3.28. The molecule has 2 unspecified atom stereocenters. The van der Waals surface area contributed by atoms with Crippen LogP contribution in [0.4, 0.5) is 0 Å². The Labute approximate surface area is 109 Å². The molecule has 2 N–H and O–H groups in total. The summed E-state index contributed by atoms with van der Waals surface area (Å²) in [5, 5.41) is 3.14. The van der Waals surface area contributed by atoms with Gasteiger partial charge in [-0.2, -0.15) is 0 Å². The molecule has 1 aromatic heterocycles. The maximum absolute atomic E-state index is 5.82. The molecule has 1 aromatic rings. The predicted octanol–water partition coefficient (Wildman–Crippen LogP) is 3.03. The van der Waals surface area contributed by atoms with E-state index in [1.54, 1.807) is 11.3 Å². The zero-order chi connectivity index (χ0) is 13.2. The average Bonchev–Trinajstić information content (AvgIpc) is 2.63. The molecule has 1 rings (SSSR count). The average molecular weight is 255 g/mol. The Bertz CT molecular complexity index is 352. The Balaban J connectivity index is 2.64. The van der Waals surface area contributed by atoms with Gasteiger partial charge in [-0.05, 0) is 26.3 Å². The van der Waals surface area contributed by atoms with Gasteiger partial charge < -0.3 is 5.73 Å². The quantitative estimate of drug-likeness (QED) is 0.899. The van der Waals surface area contributed by atoms with Crippen molar-refractivity contribution < 1.29 is 0 Å². The number of nitrogens with two attached hydrogens (primary N) is 1. The van der Waals surface area contributed by atoms with Crippen LogP contribution in [-0.4, -0.2) is 23.0 Å². The van der Waals surface area contributed by atoms with E-state index >= 15 is 0 Å². The molecule has 3 nitrogen and oxygen atoms in total. The number of aromatic nitrogens is 1. The first-order valence-corrected chi connectivity index (χ1v) is 7.00. The molecule has 0 aromatic carbocycles.